The number of hydrogen-bond acceptors (Lipinski definition) is 6. The molecule has 0 spiro atoms. The van der Waals surface area contributed by atoms with Crippen LogP contribution in [-0.2, 0) is 20.8 Å². The molecule has 2 aliphatic heterocycles. The van der Waals surface area contributed by atoms with Crippen LogP contribution in [0.25, 0.3) is 10.8 Å². The molecule has 0 saturated carbocycles. The van der Waals surface area contributed by atoms with Gasteiger partial charge in [-0.3, -0.25) is 14.4 Å². The van der Waals surface area contributed by atoms with Gasteiger partial charge in [0.1, 0.15) is 17.8 Å². The molecule has 2 aliphatic rings. The predicted molar refractivity (Wildman–Crippen MR) is 202 cm³/mol. The second kappa shape index (κ2) is 15.7. The van der Waals surface area contributed by atoms with Crippen molar-refractivity contribution in [2.24, 2.45) is 0 Å². The number of carbonyl (C=O) groups is 3. The van der Waals surface area contributed by atoms with Crippen molar-refractivity contribution in [2.75, 3.05) is 44.7 Å². The van der Waals surface area contributed by atoms with E-state index in [0.717, 1.165) is 38.9 Å². The molecule has 9 heteroatoms. The summed E-state index contributed by atoms with van der Waals surface area (Å²) in [5.74, 6) is -0.763. The van der Waals surface area contributed by atoms with Gasteiger partial charge in [-0.2, -0.15) is 0 Å². The minimum atomic E-state index is -0.938. The molecule has 0 radical (unpaired) electrons. The number of fused-ring (bicyclic) bond motifs is 1. The van der Waals surface area contributed by atoms with Gasteiger partial charge >= 0.3 is 0 Å². The number of benzene rings is 5. The van der Waals surface area contributed by atoms with Gasteiger partial charge < -0.3 is 29.9 Å². The number of aliphatic hydroxyl groups excluding tert-OH is 1. The van der Waals surface area contributed by atoms with Crippen LogP contribution in [-0.4, -0.2) is 90.6 Å². The maximum absolute atomic E-state index is 14.4. The number of amides is 3. The van der Waals surface area contributed by atoms with E-state index in [9.17, 15) is 19.5 Å². The first-order valence-electron chi connectivity index (χ1n) is 17.9. The maximum Gasteiger partial charge on any atom is 0.245 e. The Kier molecular flexibility index (Phi) is 10.5. The minimum absolute atomic E-state index is 0.0291. The van der Waals surface area contributed by atoms with Crippen molar-refractivity contribution in [2.45, 2.75) is 36.9 Å². The van der Waals surface area contributed by atoms with Gasteiger partial charge in [-0.15, -0.1) is 0 Å². The number of carbonyl (C=O) groups excluding carboxylic acids is 3. The van der Waals surface area contributed by atoms with E-state index in [1.54, 1.807) is 7.11 Å². The Labute approximate surface area is 304 Å². The highest BCUT2D eigenvalue weighted by Crippen LogP contribution is 2.32. The molecule has 2 unspecified atom stereocenters. The van der Waals surface area contributed by atoms with Gasteiger partial charge in [0.05, 0.1) is 24.8 Å². The number of nitrogens with one attached hydrogen (secondary N) is 1. The van der Waals surface area contributed by atoms with Gasteiger partial charge in [-0.25, -0.2) is 0 Å². The Morgan fingerprint density at radius 1 is 0.750 bits per heavy atom. The average molecular weight is 697 g/mol. The number of ether oxygens (including phenoxy) is 1. The molecule has 0 aliphatic carbocycles. The first-order chi connectivity index (χ1) is 25.4. The fourth-order valence-electron chi connectivity index (χ4n) is 7.59. The fourth-order valence-corrected chi connectivity index (χ4v) is 7.59. The monoisotopic (exact) mass is 696 g/mol. The van der Waals surface area contributed by atoms with E-state index in [0.29, 0.717) is 26.2 Å². The van der Waals surface area contributed by atoms with Gasteiger partial charge in [0.25, 0.3) is 0 Å². The lowest BCUT2D eigenvalue weighted by atomic mass is 9.89. The molecule has 52 heavy (non-hydrogen) atoms. The van der Waals surface area contributed by atoms with Gasteiger partial charge in [0.2, 0.25) is 17.7 Å². The number of nitrogens with zero attached hydrogens (tertiary/aromatic N) is 3. The topological polar surface area (TPSA) is 102 Å². The van der Waals surface area contributed by atoms with E-state index in [1.165, 1.54) is 4.90 Å². The van der Waals surface area contributed by atoms with Crippen molar-refractivity contribution >= 4 is 34.2 Å². The molecule has 5 aromatic carbocycles. The van der Waals surface area contributed by atoms with Crippen LogP contribution in [0.2, 0.25) is 0 Å². The predicted octanol–water partition coefficient (Wildman–Crippen LogP) is 5.02. The van der Waals surface area contributed by atoms with E-state index >= 15 is 0 Å². The quantitative estimate of drug-likeness (QED) is 0.213. The molecule has 266 valence electrons. The van der Waals surface area contributed by atoms with Crippen LogP contribution in [0.15, 0.2) is 127 Å². The van der Waals surface area contributed by atoms with Crippen molar-refractivity contribution in [1.82, 2.24) is 15.1 Å². The normalized spacial score (nSPS) is 18.0. The Hall–Kier alpha value is -5.67. The second-order valence-corrected chi connectivity index (χ2v) is 13.6. The number of para-hydroxylation sites is 2. The van der Waals surface area contributed by atoms with Crippen LogP contribution in [0.3, 0.4) is 0 Å². The maximum atomic E-state index is 14.4. The number of hydrogen-bond donors (Lipinski definition) is 2. The molecule has 2 N–H and O–H groups in total. The largest absolute Gasteiger partial charge is 0.495 e. The molecule has 9 nitrogen and oxygen atoms in total. The van der Waals surface area contributed by atoms with E-state index in [2.05, 4.69) is 16.3 Å². The zero-order valence-electron chi connectivity index (χ0n) is 29.3. The van der Waals surface area contributed by atoms with Crippen LogP contribution in [0.4, 0.5) is 5.69 Å². The molecule has 3 amide bonds. The molecule has 3 atom stereocenters. The third-order valence-electron chi connectivity index (χ3n) is 10.3. The standard InChI is InChI=1S/C43H44N4O5/c1-52-39-19-11-10-18-37(39)45-22-24-46(25-23-45)42(50)36(27-30-20-21-31-12-8-9-17-34(31)26-30)44-41(49)38-28-35(48)29-47(38)43(51)40(32-13-4-2-5-14-32)33-15-6-3-7-16-33/h2-21,26,35-36,38,40,48H,22-25,27-29H2,1H3,(H,44,49)/t35-,36?,38?/m1/s1. The number of β-amino-alcohol motifs (C(OH)–C–C–N with tert-alkyl or cyclic N) is 1. The van der Waals surface area contributed by atoms with Gasteiger partial charge in [-0.05, 0) is 39.6 Å². The summed E-state index contributed by atoms with van der Waals surface area (Å²) in [6, 6.07) is 39.1. The summed E-state index contributed by atoms with van der Waals surface area (Å²) in [7, 11) is 1.65. The van der Waals surface area contributed by atoms with E-state index in [4.69, 9.17) is 4.74 Å². The van der Waals surface area contributed by atoms with Crippen LogP contribution < -0.4 is 15.0 Å². The van der Waals surface area contributed by atoms with Crippen LogP contribution in [0.1, 0.15) is 29.0 Å². The number of anilines is 1. The van der Waals surface area contributed by atoms with E-state index in [1.807, 2.05) is 126 Å². The van der Waals surface area contributed by atoms with Crippen LogP contribution >= 0.6 is 0 Å². The van der Waals surface area contributed by atoms with Gasteiger partial charge in [-0.1, -0.05) is 115 Å². The third kappa shape index (κ3) is 7.50. The van der Waals surface area contributed by atoms with Gasteiger partial charge in [0, 0.05) is 45.6 Å². The first-order valence-corrected chi connectivity index (χ1v) is 17.9. The number of piperazine rings is 1. The summed E-state index contributed by atoms with van der Waals surface area (Å²) < 4.78 is 5.58. The first kappa shape index (κ1) is 34.8. The molecule has 0 aromatic heterocycles. The number of methoxy groups -OCH3 is 1. The lowest BCUT2D eigenvalue weighted by molar-refractivity contribution is -0.141. The van der Waals surface area contributed by atoms with E-state index in [-0.39, 0.29) is 31.2 Å². The SMILES string of the molecule is COc1ccccc1N1CCN(C(=O)C(Cc2ccc3ccccc3c2)NC(=O)C2C[C@@H](O)CN2C(=O)C(c2ccccc2)c2ccccc2)CC1. The molecule has 7 rings (SSSR count). The summed E-state index contributed by atoms with van der Waals surface area (Å²) in [4.78, 5) is 48.6. The lowest BCUT2D eigenvalue weighted by Crippen LogP contribution is -2.58. The van der Waals surface area contributed by atoms with Crippen molar-refractivity contribution in [1.29, 1.82) is 0 Å². The molecule has 2 saturated heterocycles. The van der Waals surface area contributed by atoms with Crippen LogP contribution in [0.5, 0.6) is 5.75 Å². The Balaban J connectivity index is 1.13. The minimum Gasteiger partial charge on any atom is -0.495 e. The summed E-state index contributed by atoms with van der Waals surface area (Å²) in [5, 5.41) is 16.1. The Morgan fingerprint density at radius 2 is 1.37 bits per heavy atom. The fraction of sp³-hybridized carbons (Fsp3) is 0.279. The highest BCUT2D eigenvalue weighted by molar-refractivity contribution is 5.95. The number of rotatable bonds is 10. The summed E-state index contributed by atoms with van der Waals surface area (Å²) in [6.07, 6.45) is -0.505. The van der Waals surface area contributed by atoms with Crippen molar-refractivity contribution in [3.8, 4) is 5.75 Å². The molecular formula is C43H44N4O5. The zero-order valence-corrected chi connectivity index (χ0v) is 29.3. The Bertz CT molecular complexity index is 1980. The van der Waals surface area contributed by atoms with E-state index < -0.39 is 30.0 Å². The highest BCUT2D eigenvalue weighted by Gasteiger charge is 2.43. The lowest BCUT2D eigenvalue weighted by Gasteiger charge is -2.38. The summed E-state index contributed by atoms with van der Waals surface area (Å²) in [5.41, 5.74) is 3.50. The summed E-state index contributed by atoms with van der Waals surface area (Å²) in [6.45, 7) is 2.20. The number of likely N-dealkylation sites (tertiary alicyclic amines) is 1. The molecular weight excluding hydrogens is 652 g/mol. The van der Waals surface area contributed by atoms with Crippen molar-refractivity contribution < 1.29 is 24.2 Å². The molecule has 2 fully saturated rings. The molecule has 5 aromatic rings. The highest BCUT2D eigenvalue weighted by atomic mass is 16.5. The molecule has 0 bridgehead atoms. The zero-order chi connectivity index (χ0) is 36.0. The van der Waals surface area contributed by atoms with Crippen molar-refractivity contribution in [3.05, 3.63) is 144 Å². The van der Waals surface area contributed by atoms with Gasteiger partial charge in [0.15, 0.2) is 0 Å². The number of aliphatic hydroxyl groups is 1. The second-order valence-electron chi connectivity index (χ2n) is 13.6. The third-order valence-corrected chi connectivity index (χ3v) is 10.3. The summed E-state index contributed by atoms with van der Waals surface area (Å²) >= 11 is 0. The van der Waals surface area contributed by atoms with Crippen molar-refractivity contribution in [3.63, 3.8) is 0 Å². The Morgan fingerprint density at radius 3 is 2.04 bits per heavy atom. The molecule has 2 heterocycles. The smallest absolute Gasteiger partial charge is 0.245 e. The average Bonchev–Trinajstić information content (AvgIpc) is 3.60. The van der Waals surface area contributed by atoms with Crippen LogP contribution in [0, 0.1) is 0 Å².